The summed E-state index contributed by atoms with van der Waals surface area (Å²) in [6.07, 6.45) is 0. The molecule has 0 spiro atoms. The van der Waals surface area contributed by atoms with Crippen molar-refractivity contribution in [2.75, 3.05) is 0 Å². The zero-order chi connectivity index (χ0) is 2.00. The molecule has 0 amide bonds. The van der Waals surface area contributed by atoms with Gasteiger partial charge in [0.05, 0.1) is 0 Å². The molecule has 4 heavy (non-hydrogen) atoms. The Bertz CT molecular complexity index is 12.8. The Morgan fingerprint density at radius 1 is 1.25 bits per heavy atom. The van der Waals surface area contributed by atoms with Gasteiger partial charge >= 0.3 is 0 Å². The summed E-state index contributed by atoms with van der Waals surface area (Å²) in [5.74, 6) is 0. The number of hydrogen-bond donors (Lipinski definition) is 0. The van der Waals surface area contributed by atoms with Crippen LogP contribution in [0.1, 0.15) is 0 Å². The van der Waals surface area contributed by atoms with Gasteiger partial charge in [0.1, 0.15) is 0 Å². The van der Waals surface area contributed by atoms with E-state index in [9.17, 15) is 0 Å². The first-order valence-corrected chi connectivity index (χ1v) is 0.224. The molecule has 0 aliphatic carbocycles. The second kappa shape index (κ2) is 38.9. The summed E-state index contributed by atoms with van der Waals surface area (Å²) in [4.78, 5) is 0. The number of nitrogens with zero attached hydrogens (tertiary/aromatic N) is 1. The molecule has 0 aliphatic rings. The van der Waals surface area contributed by atoms with Gasteiger partial charge in [-0.2, -0.15) is 0 Å². The Kier molecular flexibility index (Phi) is 199. The van der Waals surface area contributed by atoms with Gasteiger partial charge in [-0.25, -0.2) is 0 Å². The molecular formula is CFeNTl-. The summed E-state index contributed by atoms with van der Waals surface area (Å²) in [6.45, 7) is 4.75. The van der Waals surface area contributed by atoms with Gasteiger partial charge in [-0.05, 0) is 0 Å². The third kappa shape index (κ3) is 12.6. The fourth-order valence-corrected chi connectivity index (χ4v) is 0. The molecule has 0 atom stereocenters. The van der Waals surface area contributed by atoms with Crippen LogP contribution in [0.15, 0.2) is 0 Å². The molecule has 0 aliphatic heterocycles. The van der Waals surface area contributed by atoms with Crippen molar-refractivity contribution in [3.8, 4) is 0 Å². The van der Waals surface area contributed by atoms with E-state index in [1.807, 2.05) is 0 Å². The van der Waals surface area contributed by atoms with Crippen molar-refractivity contribution in [3.63, 3.8) is 0 Å². The quantitative estimate of drug-likeness (QED) is 0.443. The monoisotopic (exact) mass is 287 g/mol. The standard InChI is InChI=1S/CN.Fe.Tl/c1-2;;/q-1;;. The van der Waals surface area contributed by atoms with Gasteiger partial charge in [-0.3, -0.25) is 0 Å². The zero-order valence-corrected chi connectivity index (χ0v) is 7.47. The fraction of sp³-hybridized carbons (Fsp3) is 0. The van der Waals surface area contributed by atoms with E-state index >= 15 is 0 Å². The molecule has 0 aromatic rings. The summed E-state index contributed by atoms with van der Waals surface area (Å²) < 4.78 is 0. The smallest absolute Gasteiger partial charge is 0 e. The largest absolute Gasteiger partial charge is 0.512 e. The number of hydrogen-bond acceptors (Lipinski definition) is 1. The van der Waals surface area contributed by atoms with Crippen LogP contribution in [0, 0.1) is 11.8 Å². The topological polar surface area (TPSA) is 23.8 Å². The maximum atomic E-state index is 6.25. The fourth-order valence-electron chi connectivity index (χ4n) is 0. The van der Waals surface area contributed by atoms with Gasteiger partial charge in [0.2, 0.25) is 0 Å². The van der Waals surface area contributed by atoms with E-state index in [-0.39, 0.29) is 44.4 Å². The predicted octanol–water partition coefficient (Wildman–Crippen LogP) is -0.287. The minimum absolute atomic E-state index is 0. The SMILES string of the molecule is [C-]#N.[Fe].[Tl]. The molecule has 3 heteroatoms. The van der Waals surface area contributed by atoms with Crippen molar-refractivity contribution in [2.45, 2.75) is 0 Å². The van der Waals surface area contributed by atoms with Crippen LogP contribution in [0.3, 0.4) is 0 Å². The molecular weight excluding hydrogens is 286 g/mol. The van der Waals surface area contributed by atoms with Crippen molar-refractivity contribution in [1.29, 1.82) is 5.26 Å². The summed E-state index contributed by atoms with van der Waals surface area (Å²) >= 11 is 0. The minimum atomic E-state index is 0. The molecule has 21 valence electrons. The van der Waals surface area contributed by atoms with E-state index in [1.54, 1.807) is 0 Å². The Labute approximate surface area is 56.0 Å². The first kappa shape index (κ1) is 20.4. The first-order chi connectivity index (χ1) is 1.00. The van der Waals surface area contributed by atoms with E-state index in [2.05, 4.69) is 0 Å². The molecule has 0 aromatic heterocycles. The molecule has 0 saturated carbocycles. The molecule has 1 radical (unpaired) electrons. The minimum Gasteiger partial charge on any atom is -0.512 e. The molecule has 0 bridgehead atoms. The van der Waals surface area contributed by atoms with E-state index < -0.39 is 0 Å². The van der Waals surface area contributed by atoms with Crippen LogP contribution in [-0.2, 0) is 17.1 Å². The van der Waals surface area contributed by atoms with Crippen LogP contribution >= 0.6 is 0 Å². The van der Waals surface area contributed by atoms with Gasteiger partial charge in [0.15, 0.2) is 0 Å². The van der Waals surface area contributed by atoms with Gasteiger partial charge in [-0.15, -0.1) is 0 Å². The maximum absolute atomic E-state index is 6.25. The van der Waals surface area contributed by atoms with Crippen LogP contribution in [0.2, 0.25) is 0 Å². The second-order valence-electron chi connectivity index (χ2n) is 0. The van der Waals surface area contributed by atoms with Crippen molar-refractivity contribution >= 4 is 27.3 Å². The molecule has 0 unspecified atom stereocenters. The van der Waals surface area contributed by atoms with Crippen LogP contribution in [0.25, 0.3) is 0 Å². The molecule has 0 rings (SSSR count). The Balaban J connectivity index is -0.00000000500. The predicted molar refractivity (Wildman–Crippen MR) is 10.7 cm³/mol. The average molecular weight is 286 g/mol. The maximum Gasteiger partial charge on any atom is 0 e. The van der Waals surface area contributed by atoms with Crippen molar-refractivity contribution in [2.24, 2.45) is 0 Å². The summed E-state index contributed by atoms with van der Waals surface area (Å²) in [5.41, 5.74) is 0. The molecule has 1 nitrogen and oxygen atoms in total. The molecule has 0 aromatic carbocycles. The van der Waals surface area contributed by atoms with E-state index in [4.69, 9.17) is 11.8 Å². The Morgan fingerprint density at radius 3 is 1.25 bits per heavy atom. The van der Waals surface area contributed by atoms with Crippen molar-refractivity contribution in [3.05, 3.63) is 6.57 Å². The third-order valence-corrected chi connectivity index (χ3v) is 0. The van der Waals surface area contributed by atoms with E-state index in [0.29, 0.717) is 0 Å². The van der Waals surface area contributed by atoms with Gasteiger partial charge in [0.25, 0.3) is 0 Å². The van der Waals surface area contributed by atoms with Gasteiger partial charge in [0, 0.05) is 44.4 Å². The Hall–Kier alpha value is 0.932. The average Bonchev–Trinajstić information content (AvgIpc) is 1.00. The van der Waals surface area contributed by atoms with Crippen molar-refractivity contribution in [1.82, 2.24) is 0 Å². The normalized spacial score (nSPS) is 0.500. The van der Waals surface area contributed by atoms with Crippen molar-refractivity contribution < 1.29 is 17.1 Å². The second-order valence-corrected chi connectivity index (χ2v) is 0. The van der Waals surface area contributed by atoms with Gasteiger partial charge < -0.3 is 11.8 Å². The van der Waals surface area contributed by atoms with E-state index in [1.165, 1.54) is 0 Å². The molecule has 0 N–H and O–H groups in total. The first-order valence-electron chi connectivity index (χ1n) is 0.224. The van der Waals surface area contributed by atoms with Crippen LogP contribution in [0.5, 0.6) is 0 Å². The van der Waals surface area contributed by atoms with E-state index in [0.717, 1.165) is 0 Å². The molecule has 0 fully saturated rings. The number of rotatable bonds is 0. The third-order valence-electron chi connectivity index (χ3n) is 0. The van der Waals surface area contributed by atoms with Gasteiger partial charge in [-0.1, -0.05) is 0 Å². The van der Waals surface area contributed by atoms with Crippen LogP contribution in [-0.4, -0.2) is 27.3 Å². The van der Waals surface area contributed by atoms with Crippen LogP contribution in [0.4, 0.5) is 0 Å². The van der Waals surface area contributed by atoms with Crippen LogP contribution < -0.4 is 0 Å². The Morgan fingerprint density at radius 2 is 1.25 bits per heavy atom. The molecule has 0 saturated heterocycles. The molecule has 0 heterocycles. The summed E-state index contributed by atoms with van der Waals surface area (Å²) in [6, 6.07) is 0. The zero-order valence-electron chi connectivity index (χ0n) is 1.88. The summed E-state index contributed by atoms with van der Waals surface area (Å²) in [5, 5.41) is 6.25. The summed E-state index contributed by atoms with van der Waals surface area (Å²) in [7, 11) is 0.